The van der Waals surface area contributed by atoms with Crippen LogP contribution in [0, 0.1) is 0 Å². The minimum Gasteiger partial charge on any atom is -0.397 e. The average Bonchev–Trinajstić information content (AvgIpc) is 3.55. The van der Waals surface area contributed by atoms with Gasteiger partial charge in [-0.25, -0.2) is 0 Å². The first-order valence-electron chi connectivity index (χ1n) is 10.6. The first kappa shape index (κ1) is 21.3. The Morgan fingerprint density at radius 3 is 2.31 bits per heavy atom. The summed E-state index contributed by atoms with van der Waals surface area (Å²) >= 11 is 0. The molecule has 3 aromatic carbocycles. The number of nitrogens with two attached hydrogens (primary N) is 2. The van der Waals surface area contributed by atoms with Gasteiger partial charge in [0.15, 0.2) is 0 Å². The summed E-state index contributed by atoms with van der Waals surface area (Å²) in [6.45, 7) is 0.370. The Labute approximate surface area is 187 Å². The molecule has 6 nitrogen and oxygen atoms in total. The van der Waals surface area contributed by atoms with Crippen molar-refractivity contribution >= 4 is 29.3 Å². The van der Waals surface area contributed by atoms with Crippen molar-refractivity contribution < 1.29 is 9.59 Å². The molecule has 0 aromatic heterocycles. The predicted octanol–water partition coefficient (Wildman–Crippen LogP) is 3.67. The van der Waals surface area contributed by atoms with Crippen LogP contribution in [-0.2, 0) is 11.3 Å². The molecule has 2 amide bonds. The van der Waals surface area contributed by atoms with Crippen LogP contribution in [0.1, 0.15) is 39.4 Å². The highest BCUT2D eigenvalue weighted by Gasteiger charge is 2.34. The molecular weight excluding hydrogens is 400 g/mol. The highest BCUT2D eigenvalue weighted by atomic mass is 16.2. The molecule has 6 N–H and O–H groups in total. The number of para-hydroxylation sites is 2. The molecule has 1 fully saturated rings. The van der Waals surface area contributed by atoms with E-state index < -0.39 is 0 Å². The Morgan fingerprint density at radius 1 is 0.969 bits per heavy atom. The topological polar surface area (TPSA) is 110 Å². The zero-order valence-corrected chi connectivity index (χ0v) is 17.6. The third kappa shape index (κ3) is 5.42. The van der Waals surface area contributed by atoms with Crippen molar-refractivity contribution in [3.8, 4) is 0 Å². The zero-order chi connectivity index (χ0) is 22.5. The van der Waals surface area contributed by atoms with Crippen LogP contribution in [0.15, 0.2) is 78.9 Å². The van der Waals surface area contributed by atoms with Gasteiger partial charge in [-0.05, 0) is 53.5 Å². The fraction of sp³-hybridized carbons (Fsp3) is 0.154. The third-order valence-electron chi connectivity index (χ3n) is 5.52. The van der Waals surface area contributed by atoms with Gasteiger partial charge in [-0.1, -0.05) is 48.5 Å². The summed E-state index contributed by atoms with van der Waals surface area (Å²) in [6.07, 6.45) is 4.35. The van der Waals surface area contributed by atoms with Crippen LogP contribution in [0.3, 0.4) is 0 Å². The van der Waals surface area contributed by atoms with Crippen molar-refractivity contribution in [2.24, 2.45) is 5.73 Å². The number of rotatable bonds is 7. The van der Waals surface area contributed by atoms with E-state index in [2.05, 4.69) is 22.8 Å². The Kier molecular flexibility index (Phi) is 6.33. The molecule has 1 aliphatic carbocycles. The van der Waals surface area contributed by atoms with Gasteiger partial charge in [-0.2, -0.15) is 0 Å². The highest BCUT2D eigenvalue weighted by molar-refractivity contribution is 6.05. The summed E-state index contributed by atoms with van der Waals surface area (Å²) < 4.78 is 0. The highest BCUT2D eigenvalue weighted by Crippen LogP contribution is 2.38. The van der Waals surface area contributed by atoms with Gasteiger partial charge in [0, 0.05) is 30.1 Å². The number of carbonyl (C=O) groups is 2. The first-order valence-corrected chi connectivity index (χ1v) is 10.6. The lowest BCUT2D eigenvalue weighted by molar-refractivity contribution is -0.116. The van der Waals surface area contributed by atoms with Gasteiger partial charge in [0.1, 0.15) is 0 Å². The summed E-state index contributed by atoms with van der Waals surface area (Å²) in [5, 5.41) is 5.65. The van der Waals surface area contributed by atoms with Gasteiger partial charge < -0.3 is 22.1 Å². The van der Waals surface area contributed by atoms with Crippen molar-refractivity contribution in [2.75, 3.05) is 11.1 Å². The molecule has 6 heteroatoms. The summed E-state index contributed by atoms with van der Waals surface area (Å²) in [5.41, 5.74) is 16.5. The molecular formula is C26H26N4O2. The molecule has 0 unspecified atom stereocenters. The van der Waals surface area contributed by atoms with Gasteiger partial charge >= 0.3 is 0 Å². The largest absolute Gasteiger partial charge is 0.397 e. The molecule has 1 aliphatic rings. The molecule has 3 aromatic rings. The molecule has 0 spiro atoms. The molecule has 32 heavy (non-hydrogen) atoms. The van der Waals surface area contributed by atoms with E-state index in [1.807, 2.05) is 36.4 Å². The van der Waals surface area contributed by atoms with Crippen LogP contribution in [0.5, 0.6) is 0 Å². The second-order valence-corrected chi connectivity index (χ2v) is 7.96. The molecule has 4 rings (SSSR count). The molecule has 0 heterocycles. The number of benzene rings is 3. The number of amides is 2. The Hall–Kier alpha value is -3.90. The number of anilines is 2. The number of carbonyl (C=O) groups excluding carboxylic acids is 2. The van der Waals surface area contributed by atoms with E-state index in [-0.39, 0.29) is 17.9 Å². The monoisotopic (exact) mass is 426 g/mol. The van der Waals surface area contributed by atoms with Crippen molar-refractivity contribution in [3.05, 3.63) is 101 Å². The number of nitrogen functional groups attached to an aromatic ring is 1. The van der Waals surface area contributed by atoms with Gasteiger partial charge in [0.05, 0.1) is 11.4 Å². The van der Waals surface area contributed by atoms with Gasteiger partial charge in [0.25, 0.3) is 5.91 Å². The minimum absolute atomic E-state index is 0.181. The molecule has 0 bridgehead atoms. The lowest BCUT2D eigenvalue weighted by atomic mass is 10.1. The van der Waals surface area contributed by atoms with Crippen LogP contribution in [0.2, 0.25) is 0 Å². The second-order valence-electron chi connectivity index (χ2n) is 7.96. The number of nitrogens with one attached hydrogen (secondary N) is 2. The molecule has 162 valence electrons. The lowest BCUT2D eigenvalue weighted by Gasteiger charge is -2.08. The van der Waals surface area contributed by atoms with Crippen LogP contribution >= 0.6 is 0 Å². The maximum absolute atomic E-state index is 12.4. The Morgan fingerprint density at radius 2 is 1.66 bits per heavy atom. The van der Waals surface area contributed by atoms with Crippen molar-refractivity contribution in [1.29, 1.82) is 0 Å². The van der Waals surface area contributed by atoms with Crippen LogP contribution < -0.4 is 22.1 Å². The number of hydrogen-bond donors (Lipinski definition) is 4. The molecule has 0 radical (unpaired) electrons. The third-order valence-corrected chi connectivity index (χ3v) is 5.52. The van der Waals surface area contributed by atoms with E-state index in [1.165, 1.54) is 11.6 Å². The molecule has 0 aliphatic heterocycles. The summed E-state index contributed by atoms with van der Waals surface area (Å²) in [7, 11) is 0. The first-order chi connectivity index (χ1) is 15.5. The smallest absolute Gasteiger partial charge is 0.255 e. The maximum atomic E-state index is 12.4. The quantitative estimate of drug-likeness (QED) is 0.341. The summed E-state index contributed by atoms with van der Waals surface area (Å²) in [4.78, 5) is 24.5. The molecule has 0 saturated heterocycles. The van der Waals surface area contributed by atoms with E-state index in [4.69, 9.17) is 11.5 Å². The summed E-state index contributed by atoms with van der Waals surface area (Å²) in [5.74, 6) is 0.0565. The van der Waals surface area contributed by atoms with E-state index >= 15 is 0 Å². The average molecular weight is 427 g/mol. The maximum Gasteiger partial charge on any atom is 0.255 e. The van der Waals surface area contributed by atoms with E-state index in [0.717, 1.165) is 17.5 Å². The van der Waals surface area contributed by atoms with Gasteiger partial charge in [0.2, 0.25) is 5.91 Å². The van der Waals surface area contributed by atoms with Gasteiger partial charge in [-0.3, -0.25) is 9.59 Å². The molecule has 2 atom stereocenters. The summed E-state index contributed by atoms with van der Waals surface area (Å²) in [6, 6.07) is 22.6. The SMILES string of the molecule is Nc1ccccc1NC(=O)c1ccc(CNC(=O)/C=C/c2ccc([C@H]3C[C@@H]3N)cc2)cc1. The molecule has 1 saturated carbocycles. The fourth-order valence-corrected chi connectivity index (χ4v) is 3.45. The van der Waals surface area contributed by atoms with E-state index in [1.54, 1.807) is 30.3 Å². The van der Waals surface area contributed by atoms with Gasteiger partial charge in [-0.15, -0.1) is 0 Å². The van der Waals surface area contributed by atoms with Crippen molar-refractivity contribution in [2.45, 2.75) is 24.9 Å². The zero-order valence-electron chi connectivity index (χ0n) is 17.6. The van der Waals surface area contributed by atoms with Crippen molar-refractivity contribution in [1.82, 2.24) is 5.32 Å². The lowest BCUT2D eigenvalue weighted by Crippen LogP contribution is -2.20. The predicted molar refractivity (Wildman–Crippen MR) is 128 cm³/mol. The minimum atomic E-state index is -0.240. The Bertz CT molecular complexity index is 1140. The standard InChI is InChI=1S/C26H26N4O2/c27-22-3-1-2-4-24(22)30-26(32)20-12-7-18(8-13-20)16-29-25(31)14-9-17-5-10-19(11-6-17)21-15-23(21)28/h1-14,21,23H,15-16,27-28H2,(H,29,31)(H,30,32)/b14-9+/t21-,23+/m1/s1. The van der Waals surface area contributed by atoms with E-state index in [0.29, 0.717) is 29.4 Å². The normalized spacial score (nSPS) is 17.2. The van der Waals surface area contributed by atoms with Crippen LogP contribution in [0.4, 0.5) is 11.4 Å². The van der Waals surface area contributed by atoms with Crippen molar-refractivity contribution in [3.63, 3.8) is 0 Å². The number of hydrogen-bond acceptors (Lipinski definition) is 4. The second kappa shape index (κ2) is 9.49. The van der Waals surface area contributed by atoms with E-state index in [9.17, 15) is 9.59 Å². The Balaban J connectivity index is 1.26. The van der Waals surface area contributed by atoms with Crippen LogP contribution in [0.25, 0.3) is 6.08 Å². The fourth-order valence-electron chi connectivity index (χ4n) is 3.45. The van der Waals surface area contributed by atoms with Crippen LogP contribution in [-0.4, -0.2) is 17.9 Å².